The van der Waals surface area contributed by atoms with Crippen molar-refractivity contribution < 1.29 is 13.9 Å². The average molecular weight is 294 g/mol. The van der Waals surface area contributed by atoms with Gasteiger partial charge in [-0.1, -0.05) is 0 Å². The molecule has 0 bridgehead atoms. The highest BCUT2D eigenvalue weighted by atomic mass is 19.1. The highest BCUT2D eigenvalue weighted by Gasteiger charge is 2.45. The lowest BCUT2D eigenvalue weighted by molar-refractivity contribution is -0.114. The summed E-state index contributed by atoms with van der Waals surface area (Å²) in [5, 5.41) is 5.87. The fraction of sp³-hybridized carbons (Fsp3) is 0.562. The number of carbonyl (C=O) groups is 1. The van der Waals surface area contributed by atoms with E-state index < -0.39 is 5.82 Å². The number of anilines is 2. The Kier molecular flexibility index (Phi) is 3.97. The van der Waals surface area contributed by atoms with Gasteiger partial charge in [0.25, 0.3) is 0 Å². The number of ether oxygens (including phenoxy) is 1. The van der Waals surface area contributed by atoms with Crippen molar-refractivity contribution in [1.82, 2.24) is 0 Å². The van der Waals surface area contributed by atoms with Crippen LogP contribution in [0.3, 0.4) is 0 Å². The average Bonchev–Trinajstić information content (AvgIpc) is 2.50. The fourth-order valence-electron chi connectivity index (χ4n) is 2.89. The van der Waals surface area contributed by atoms with Crippen LogP contribution in [0, 0.1) is 5.82 Å². The molecule has 1 aromatic rings. The summed E-state index contributed by atoms with van der Waals surface area (Å²) in [6, 6.07) is 4.74. The molecule has 4 nitrogen and oxygen atoms in total. The van der Waals surface area contributed by atoms with E-state index in [2.05, 4.69) is 24.5 Å². The van der Waals surface area contributed by atoms with Gasteiger partial charge in [-0.2, -0.15) is 0 Å². The number of benzene rings is 1. The van der Waals surface area contributed by atoms with Gasteiger partial charge in [-0.05, 0) is 52.3 Å². The molecule has 1 aromatic carbocycles. The molecular formula is C16H23FN2O2. The standard InChI is InChI=1S/C16H23FN2O2/c1-10(20)18-13-8-11(6-7-12(13)17)19-14-9-15(2,3)21-16(14,4)5/h6-8,14,19H,9H2,1-5H3,(H,18,20). The zero-order valence-electron chi connectivity index (χ0n) is 13.2. The van der Waals surface area contributed by atoms with E-state index in [1.54, 1.807) is 12.1 Å². The van der Waals surface area contributed by atoms with Gasteiger partial charge in [0.05, 0.1) is 22.9 Å². The molecule has 1 saturated heterocycles. The van der Waals surface area contributed by atoms with Gasteiger partial charge in [0, 0.05) is 12.6 Å². The molecule has 0 aliphatic carbocycles. The van der Waals surface area contributed by atoms with Crippen LogP contribution in [0.25, 0.3) is 0 Å². The molecule has 0 aromatic heterocycles. The Balaban J connectivity index is 2.18. The summed E-state index contributed by atoms with van der Waals surface area (Å²) in [4.78, 5) is 11.1. The van der Waals surface area contributed by atoms with Crippen molar-refractivity contribution in [2.75, 3.05) is 10.6 Å². The van der Waals surface area contributed by atoms with Crippen LogP contribution in [0.4, 0.5) is 15.8 Å². The maximum Gasteiger partial charge on any atom is 0.221 e. The van der Waals surface area contributed by atoms with E-state index >= 15 is 0 Å². The van der Waals surface area contributed by atoms with Crippen molar-refractivity contribution in [2.24, 2.45) is 0 Å². The first kappa shape index (κ1) is 15.8. The smallest absolute Gasteiger partial charge is 0.221 e. The van der Waals surface area contributed by atoms with E-state index in [-0.39, 0.29) is 28.8 Å². The molecule has 2 rings (SSSR count). The van der Waals surface area contributed by atoms with E-state index in [0.29, 0.717) is 0 Å². The molecule has 1 amide bonds. The van der Waals surface area contributed by atoms with Gasteiger partial charge in [-0.3, -0.25) is 4.79 Å². The Labute approximate surface area is 125 Å². The molecule has 1 fully saturated rings. The maximum absolute atomic E-state index is 13.7. The van der Waals surface area contributed by atoms with Crippen LogP contribution in [0.1, 0.15) is 41.0 Å². The number of halogens is 1. The first-order valence-electron chi connectivity index (χ1n) is 7.13. The molecule has 116 valence electrons. The van der Waals surface area contributed by atoms with E-state index in [4.69, 9.17) is 4.74 Å². The van der Waals surface area contributed by atoms with E-state index in [1.165, 1.54) is 13.0 Å². The fourth-order valence-corrected chi connectivity index (χ4v) is 2.89. The zero-order chi connectivity index (χ0) is 15.8. The molecular weight excluding hydrogens is 271 g/mol. The molecule has 0 spiro atoms. The van der Waals surface area contributed by atoms with Gasteiger partial charge < -0.3 is 15.4 Å². The minimum atomic E-state index is -0.446. The van der Waals surface area contributed by atoms with E-state index in [1.807, 2.05) is 13.8 Å². The second-order valence-electron chi connectivity index (χ2n) is 6.74. The second-order valence-corrected chi connectivity index (χ2v) is 6.74. The third kappa shape index (κ3) is 3.73. The van der Waals surface area contributed by atoms with Gasteiger partial charge in [-0.25, -0.2) is 4.39 Å². The predicted octanol–water partition coefficient (Wildman–Crippen LogP) is 3.54. The molecule has 1 aliphatic heterocycles. The molecule has 1 heterocycles. The quantitative estimate of drug-likeness (QED) is 0.896. The Morgan fingerprint density at radius 1 is 1.33 bits per heavy atom. The Morgan fingerprint density at radius 3 is 2.52 bits per heavy atom. The van der Waals surface area contributed by atoms with Crippen LogP contribution in [0.2, 0.25) is 0 Å². The van der Waals surface area contributed by atoms with Crippen molar-refractivity contribution in [3.63, 3.8) is 0 Å². The van der Waals surface area contributed by atoms with Crippen LogP contribution in [-0.4, -0.2) is 23.2 Å². The lowest BCUT2D eigenvalue weighted by Gasteiger charge is -2.28. The summed E-state index contributed by atoms with van der Waals surface area (Å²) in [7, 11) is 0. The van der Waals surface area contributed by atoms with Crippen LogP contribution in [0.5, 0.6) is 0 Å². The summed E-state index contributed by atoms with van der Waals surface area (Å²) in [5.41, 5.74) is 0.441. The van der Waals surface area contributed by atoms with Gasteiger partial charge in [0.1, 0.15) is 5.82 Å². The summed E-state index contributed by atoms with van der Waals surface area (Å²) in [6.07, 6.45) is 0.854. The molecule has 5 heteroatoms. The lowest BCUT2D eigenvalue weighted by atomic mass is 9.94. The number of carbonyl (C=O) groups excluding carboxylic acids is 1. The van der Waals surface area contributed by atoms with Gasteiger partial charge >= 0.3 is 0 Å². The maximum atomic E-state index is 13.7. The van der Waals surface area contributed by atoms with Crippen LogP contribution < -0.4 is 10.6 Å². The van der Waals surface area contributed by atoms with Crippen LogP contribution >= 0.6 is 0 Å². The predicted molar refractivity (Wildman–Crippen MR) is 82.0 cm³/mol. The van der Waals surface area contributed by atoms with E-state index in [0.717, 1.165) is 12.1 Å². The van der Waals surface area contributed by atoms with Crippen LogP contribution in [0.15, 0.2) is 18.2 Å². The molecule has 1 aliphatic rings. The van der Waals surface area contributed by atoms with Crippen molar-refractivity contribution in [3.05, 3.63) is 24.0 Å². The molecule has 2 N–H and O–H groups in total. The second kappa shape index (κ2) is 5.30. The van der Waals surface area contributed by atoms with Gasteiger partial charge in [-0.15, -0.1) is 0 Å². The topological polar surface area (TPSA) is 50.4 Å². The summed E-state index contributed by atoms with van der Waals surface area (Å²) >= 11 is 0. The Morgan fingerprint density at radius 2 is 2.00 bits per heavy atom. The van der Waals surface area contributed by atoms with Crippen molar-refractivity contribution in [1.29, 1.82) is 0 Å². The highest BCUT2D eigenvalue weighted by molar-refractivity contribution is 5.89. The van der Waals surface area contributed by atoms with Gasteiger partial charge in [0.15, 0.2) is 0 Å². The zero-order valence-corrected chi connectivity index (χ0v) is 13.2. The number of hydrogen-bond donors (Lipinski definition) is 2. The number of hydrogen-bond acceptors (Lipinski definition) is 3. The molecule has 1 atom stereocenters. The van der Waals surface area contributed by atoms with Crippen molar-refractivity contribution in [3.8, 4) is 0 Å². The third-order valence-corrected chi connectivity index (χ3v) is 3.69. The normalized spacial score (nSPS) is 22.9. The molecule has 0 radical (unpaired) electrons. The monoisotopic (exact) mass is 294 g/mol. The number of nitrogens with one attached hydrogen (secondary N) is 2. The van der Waals surface area contributed by atoms with E-state index in [9.17, 15) is 9.18 Å². The van der Waals surface area contributed by atoms with Gasteiger partial charge in [0.2, 0.25) is 5.91 Å². The summed E-state index contributed by atoms with van der Waals surface area (Å²) in [5.74, 6) is -0.741. The molecule has 1 unspecified atom stereocenters. The SMILES string of the molecule is CC(=O)Nc1cc(NC2CC(C)(C)OC2(C)C)ccc1F. The van der Waals surface area contributed by atoms with Crippen LogP contribution in [-0.2, 0) is 9.53 Å². The largest absolute Gasteiger partial charge is 0.379 e. The third-order valence-electron chi connectivity index (χ3n) is 3.69. The number of amides is 1. The van der Waals surface area contributed by atoms with Crippen molar-refractivity contribution in [2.45, 2.75) is 58.3 Å². The summed E-state index contributed by atoms with van der Waals surface area (Å²) in [6.45, 7) is 9.55. The first-order valence-corrected chi connectivity index (χ1v) is 7.13. The minimum Gasteiger partial charge on any atom is -0.379 e. The Bertz CT molecular complexity index is 555. The number of rotatable bonds is 3. The summed E-state index contributed by atoms with van der Waals surface area (Å²) < 4.78 is 19.7. The lowest BCUT2D eigenvalue weighted by Crippen LogP contribution is -2.38. The van der Waals surface area contributed by atoms with Crippen molar-refractivity contribution >= 4 is 17.3 Å². The molecule has 0 saturated carbocycles. The Hall–Kier alpha value is -1.62. The molecule has 21 heavy (non-hydrogen) atoms. The highest BCUT2D eigenvalue weighted by Crippen LogP contribution is 2.39. The first-order chi connectivity index (χ1) is 9.59. The minimum absolute atomic E-state index is 0.114.